The van der Waals surface area contributed by atoms with Gasteiger partial charge in [0.05, 0.1) is 43.0 Å². The van der Waals surface area contributed by atoms with Crippen molar-refractivity contribution >= 4 is 22.8 Å². The predicted octanol–water partition coefficient (Wildman–Crippen LogP) is 1.97. The fourth-order valence-electron chi connectivity index (χ4n) is 2.77. The van der Waals surface area contributed by atoms with Gasteiger partial charge in [-0.15, -0.1) is 5.10 Å². The van der Waals surface area contributed by atoms with Crippen molar-refractivity contribution in [1.82, 2.24) is 20.5 Å². The summed E-state index contributed by atoms with van der Waals surface area (Å²) in [6.45, 7) is 0.00335. The van der Waals surface area contributed by atoms with Crippen molar-refractivity contribution in [2.24, 2.45) is 0 Å². The van der Waals surface area contributed by atoms with Crippen LogP contribution in [0.2, 0.25) is 0 Å². The van der Waals surface area contributed by atoms with E-state index in [9.17, 15) is 9.90 Å². The number of fused-ring (bicyclic) bond motifs is 1. The molecule has 3 aromatic rings. The van der Waals surface area contributed by atoms with Gasteiger partial charge in [-0.05, 0) is 5.56 Å². The molecule has 2 aromatic heterocycles. The van der Waals surface area contributed by atoms with Gasteiger partial charge in [0.2, 0.25) is 5.88 Å². The number of amides is 2. The number of rotatable bonds is 7. The third-order valence-corrected chi connectivity index (χ3v) is 3.99. The standard InChI is InChI=1S/C18H21N5O4/c1-26-10-14-16-12(22-23-17(16)27-2)8-15(19-14)21-18(25)20-13(9-24)11-6-4-3-5-7-11/h3-8,13,24H,9-10H2,1-2H3,(H,22,23)(H2,19,20,21,25). The average molecular weight is 371 g/mol. The molecule has 0 radical (unpaired) electrons. The molecule has 0 bridgehead atoms. The highest BCUT2D eigenvalue weighted by Gasteiger charge is 2.17. The number of pyridine rings is 1. The lowest BCUT2D eigenvalue weighted by Gasteiger charge is -2.17. The van der Waals surface area contributed by atoms with Gasteiger partial charge in [-0.25, -0.2) is 9.78 Å². The van der Waals surface area contributed by atoms with Crippen LogP contribution in [0.4, 0.5) is 10.6 Å². The molecule has 142 valence electrons. The quantitative estimate of drug-likeness (QED) is 0.504. The summed E-state index contributed by atoms with van der Waals surface area (Å²) < 4.78 is 10.4. The van der Waals surface area contributed by atoms with E-state index >= 15 is 0 Å². The minimum absolute atomic E-state index is 0.226. The number of ether oxygens (including phenoxy) is 2. The van der Waals surface area contributed by atoms with E-state index in [0.717, 1.165) is 5.56 Å². The molecule has 0 aliphatic heterocycles. The number of hydrogen-bond acceptors (Lipinski definition) is 6. The van der Waals surface area contributed by atoms with Crippen molar-refractivity contribution in [3.05, 3.63) is 47.7 Å². The maximum Gasteiger partial charge on any atom is 0.320 e. The number of hydrogen-bond donors (Lipinski definition) is 4. The zero-order valence-electron chi connectivity index (χ0n) is 15.0. The number of benzene rings is 1. The molecule has 27 heavy (non-hydrogen) atoms. The minimum Gasteiger partial charge on any atom is -0.479 e. The molecule has 0 saturated carbocycles. The zero-order valence-corrected chi connectivity index (χ0v) is 15.0. The van der Waals surface area contributed by atoms with E-state index in [1.807, 2.05) is 30.3 Å². The lowest BCUT2D eigenvalue weighted by Crippen LogP contribution is -2.34. The van der Waals surface area contributed by atoms with Crippen LogP contribution in [0.1, 0.15) is 17.3 Å². The zero-order chi connectivity index (χ0) is 19.2. The number of aliphatic hydroxyl groups is 1. The number of nitrogens with one attached hydrogen (secondary N) is 3. The van der Waals surface area contributed by atoms with E-state index in [1.54, 1.807) is 13.2 Å². The first-order valence-electron chi connectivity index (χ1n) is 8.30. The number of nitrogens with zero attached hydrogens (tertiary/aromatic N) is 2. The molecule has 0 aliphatic carbocycles. The summed E-state index contributed by atoms with van der Waals surface area (Å²) in [7, 11) is 3.07. The average Bonchev–Trinajstić information content (AvgIpc) is 3.10. The van der Waals surface area contributed by atoms with E-state index in [1.165, 1.54) is 7.11 Å². The first-order valence-corrected chi connectivity index (χ1v) is 8.30. The van der Waals surface area contributed by atoms with Crippen molar-refractivity contribution in [2.75, 3.05) is 26.1 Å². The fraction of sp³-hybridized carbons (Fsp3) is 0.278. The van der Waals surface area contributed by atoms with Crippen LogP contribution in [0.25, 0.3) is 10.9 Å². The number of aromatic amines is 1. The predicted molar refractivity (Wildman–Crippen MR) is 99.6 cm³/mol. The summed E-state index contributed by atoms with van der Waals surface area (Å²) in [6, 6.07) is 9.86. The van der Waals surface area contributed by atoms with Crippen LogP contribution in [0.15, 0.2) is 36.4 Å². The van der Waals surface area contributed by atoms with Crippen molar-refractivity contribution in [3.63, 3.8) is 0 Å². The molecular weight excluding hydrogens is 350 g/mol. The number of methoxy groups -OCH3 is 2. The maximum absolute atomic E-state index is 12.4. The normalized spacial score (nSPS) is 12.0. The minimum atomic E-state index is -0.527. The Hall–Kier alpha value is -3.17. The van der Waals surface area contributed by atoms with E-state index in [2.05, 4.69) is 25.8 Å². The summed E-state index contributed by atoms with van der Waals surface area (Å²) in [4.78, 5) is 16.8. The van der Waals surface area contributed by atoms with Crippen LogP contribution in [-0.2, 0) is 11.3 Å². The van der Waals surface area contributed by atoms with E-state index < -0.39 is 12.1 Å². The smallest absolute Gasteiger partial charge is 0.320 e. The monoisotopic (exact) mass is 371 g/mol. The number of H-pyrrole nitrogens is 1. The highest BCUT2D eigenvalue weighted by Crippen LogP contribution is 2.27. The van der Waals surface area contributed by atoms with Crippen molar-refractivity contribution < 1.29 is 19.4 Å². The maximum atomic E-state index is 12.4. The van der Waals surface area contributed by atoms with Gasteiger partial charge in [0, 0.05) is 13.2 Å². The molecule has 9 heteroatoms. The largest absolute Gasteiger partial charge is 0.479 e. The first kappa shape index (κ1) is 18.6. The number of urea groups is 1. The number of carbonyl (C=O) groups excluding carboxylic acids is 1. The second-order valence-electron chi connectivity index (χ2n) is 5.79. The van der Waals surface area contributed by atoms with Crippen LogP contribution in [0, 0.1) is 0 Å². The summed E-state index contributed by atoms with van der Waals surface area (Å²) in [5, 5.41) is 22.6. The lowest BCUT2D eigenvalue weighted by atomic mass is 10.1. The van der Waals surface area contributed by atoms with Gasteiger partial charge in [-0.2, -0.15) is 0 Å². The highest BCUT2D eigenvalue weighted by atomic mass is 16.5. The molecule has 0 fully saturated rings. The van der Waals surface area contributed by atoms with E-state index in [0.29, 0.717) is 28.3 Å². The van der Waals surface area contributed by atoms with Gasteiger partial charge in [-0.3, -0.25) is 10.4 Å². The number of aromatic nitrogens is 3. The molecule has 2 amide bonds. The van der Waals surface area contributed by atoms with Gasteiger partial charge in [0.15, 0.2) is 0 Å². The summed E-state index contributed by atoms with van der Waals surface area (Å²) >= 11 is 0. The summed E-state index contributed by atoms with van der Waals surface area (Å²) in [6.07, 6.45) is 0. The number of carbonyl (C=O) groups is 1. The Bertz CT molecular complexity index is 913. The summed E-state index contributed by atoms with van der Waals surface area (Å²) in [5.41, 5.74) is 2.04. The molecule has 2 heterocycles. The molecule has 3 rings (SSSR count). The van der Waals surface area contributed by atoms with Gasteiger partial charge in [-0.1, -0.05) is 30.3 Å². The number of anilines is 1. The topological polar surface area (TPSA) is 121 Å². The van der Waals surface area contributed by atoms with Gasteiger partial charge in [0.25, 0.3) is 0 Å². The van der Waals surface area contributed by atoms with Crippen LogP contribution in [0.3, 0.4) is 0 Å². The molecule has 0 saturated heterocycles. The van der Waals surface area contributed by atoms with Gasteiger partial charge < -0.3 is 19.9 Å². The molecule has 1 aromatic carbocycles. The Morgan fingerprint density at radius 3 is 2.74 bits per heavy atom. The van der Waals surface area contributed by atoms with Crippen molar-refractivity contribution in [2.45, 2.75) is 12.6 Å². The third kappa shape index (κ3) is 4.15. The van der Waals surface area contributed by atoms with Gasteiger partial charge >= 0.3 is 6.03 Å². The molecule has 0 spiro atoms. The fourth-order valence-corrected chi connectivity index (χ4v) is 2.77. The second-order valence-corrected chi connectivity index (χ2v) is 5.79. The molecule has 4 N–H and O–H groups in total. The Balaban J connectivity index is 1.80. The van der Waals surface area contributed by atoms with E-state index in [4.69, 9.17) is 9.47 Å². The molecule has 9 nitrogen and oxygen atoms in total. The summed E-state index contributed by atoms with van der Waals surface area (Å²) in [5.74, 6) is 0.730. The second kappa shape index (κ2) is 8.47. The Morgan fingerprint density at radius 1 is 1.30 bits per heavy atom. The third-order valence-electron chi connectivity index (χ3n) is 3.99. The lowest BCUT2D eigenvalue weighted by molar-refractivity contribution is 0.182. The SMILES string of the molecule is COCc1nc(NC(=O)NC(CO)c2ccccc2)cc2[nH]nc(OC)c12. The molecule has 0 aliphatic rings. The Labute approximate surface area is 155 Å². The van der Waals surface area contributed by atoms with Crippen LogP contribution in [0.5, 0.6) is 5.88 Å². The van der Waals surface area contributed by atoms with Crippen LogP contribution in [-0.4, -0.2) is 47.1 Å². The van der Waals surface area contributed by atoms with Gasteiger partial charge in [0.1, 0.15) is 5.82 Å². The highest BCUT2D eigenvalue weighted by molar-refractivity contribution is 5.93. The Kier molecular flexibility index (Phi) is 5.84. The molecular formula is C18H21N5O4. The molecule has 1 unspecified atom stereocenters. The first-order chi connectivity index (χ1) is 13.2. The van der Waals surface area contributed by atoms with Crippen LogP contribution >= 0.6 is 0 Å². The van der Waals surface area contributed by atoms with Crippen LogP contribution < -0.4 is 15.4 Å². The molecule has 1 atom stereocenters. The van der Waals surface area contributed by atoms with Crippen molar-refractivity contribution in [3.8, 4) is 5.88 Å². The number of aliphatic hydroxyl groups excluding tert-OH is 1. The van der Waals surface area contributed by atoms with E-state index in [-0.39, 0.29) is 13.2 Å². The Morgan fingerprint density at radius 2 is 2.07 bits per heavy atom. The van der Waals surface area contributed by atoms with Crippen molar-refractivity contribution in [1.29, 1.82) is 0 Å².